The van der Waals surface area contributed by atoms with E-state index in [1.807, 2.05) is 58.3 Å². The average Bonchev–Trinajstić information content (AvgIpc) is 3.17. The lowest BCUT2D eigenvalue weighted by Gasteiger charge is -2.32. The van der Waals surface area contributed by atoms with Gasteiger partial charge in [0, 0.05) is 18.3 Å². The summed E-state index contributed by atoms with van der Waals surface area (Å²) in [4.78, 5) is 1.01. The van der Waals surface area contributed by atoms with Crippen LogP contribution in [0.3, 0.4) is 0 Å². The third-order valence-electron chi connectivity index (χ3n) is 4.64. The van der Waals surface area contributed by atoms with Crippen LogP contribution in [0.15, 0.2) is 29.4 Å². The van der Waals surface area contributed by atoms with Crippen LogP contribution >= 0.6 is 11.3 Å². The van der Waals surface area contributed by atoms with Crippen LogP contribution in [0, 0.1) is 0 Å². The zero-order valence-electron chi connectivity index (χ0n) is 14.7. The number of hydrogen-bond donors (Lipinski definition) is 0. The van der Waals surface area contributed by atoms with Crippen LogP contribution in [0.4, 0.5) is 4.39 Å². The summed E-state index contributed by atoms with van der Waals surface area (Å²) in [6.45, 7) is 10.4. The molecule has 0 unspecified atom stereocenters. The third-order valence-corrected chi connectivity index (χ3v) is 5.52. The van der Waals surface area contributed by atoms with Gasteiger partial charge in [-0.05, 0) is 52.1 Å². The zero-order valence-corrected chi connectivity index (χ0v) is 15.5. The molecule has 1 aliphatic rings. The van der Waals surface area contributed by atoms with Crippen LogP contribution in [-0.2, 0) is 15.9 Å². The van der Waals surface area contributed by atoms with E-state index in [1.165, 1.54) is 6.08 Å². The van der Waals surface area contributed by atoms with Gasteiger partial charge in [-0.2, -0.15) is 5.10 Å². The van der Waals surface area contributed by atoms with Crippen molar-refractivity contribution in [1.82, 2.24) is 9.78 Å². The van der Waals surface area contributed by atoms with Gasteiger partial charge >= 0.3 is 7.12 Å². The maximum Gasteiger partial charge on any atom is 0.525 e. The van der Waals surface area contributed by atoms with Crippen LogP contribution < -0.4 is 0 Å². The predicted molar refractivity (Wildman–Crippen MR) is 96.4 cm³/mol. The summed E-state index contributed by atoms with van der Waals surface area (Å²) in [5.41, 5.74) is -0.0628. The first-order valence-corrected chi connectivity index (χ1v) is 8.95. The third kappa shape index (κ3) is 3.08. The van der Waals surface area contributed by atoms with Crippen molar-refractivity contribution in [3.63, 3.8) is 0 Å². The van der Waals surface area contributed by atoms with Gasteiger partial charge in [0.05, 0.1) is 16.1 Å². The Morgan fingerprint density at radius 1 is 1.33 bits per heavy atom. The van der Waals surface area contributed by atoms with Gasteiger partial charge in [0.25, 0.3) is 0 Å². The highest BCUT2D eigenvalue weighted by Crippen LogP contribution is 2.39. The number of aryl methyl sites for hydroxylation is 1. The van der Waals surface area contributed by atoms with Crippen LogP contribution in [0.5, 0.6) is 0 Å². The van der Waals surface area contributed by atoms with Gasteiger partial charge in [0.1, 0.15) is 11.4 Å². The SMILES string of the molecule is CCn1cc(C=C(F)B2OC(C)(C)C(C)(C)O2)c(-c2cccs2)n1. The molecule has 1 aliphatic heterocycles. The molecular weight excluding hydrogens is 326 g/mol. The molecule has 0 N–H and O–H groups in total. The normalized spacial score (nSPS) is 19.9. The molecule has 2 aromatic heterocycles. The van der Waals surface area contributed by atoms with Crippen LogP contribution in [0.25, 0.3) is 16.6 Å². The van der Waals surface area contributed by atoms with Crippen LogP contribution in [0.1, 0.15) is 40.2 Å². The van der Waals surface area contributed by atoms with Gasteiger partial charge in [-0.1, -0.05) is 6.07 Å². The maximum atomic E-state index is 14.8. The van der Waals surface area contributed by atoms with Crippen molar-refractivity contribution in [3.8, 4) is 10.6 Å². The van der Waals surface area contributed by atoms with E-state index in [9.17, 15) is 4.39 Å². The second-order valence-electron chi connectivity index (χ2n) is 6.88. The molecule has 0 aliphatic carbocycles. The van der Waals surface area contributed by atoms with E-state index >= 15 is 0 Å². The highest BCUT2D eigenvalue weighted by atomic mass is 32.1. The molecule has 0 radical (unpaired) electrons. The van der Waals surface area contributed by atoms with Gasteiger partial charge in [0.2, 0.25) is 0 Å². The van der Waals surface area contributed by atoms with Crippen LogP contribution in [0.2, 0.25) is 0 Å². The topological polar surface area (TPSA) is 36.3 Å². The molecule has 0 spiro atoms. The van der Waals surface area contributed by atoms with Crippen molar-refractivity contribution < 1.29 is 13.7 Å². The Hall–Kier alpha value is -1.44. The van der Waals surface area contributed by atoms with Crippen molar-refractivity contribution in [2.45, 2.75) is 52.4 Å². The van der Waals surface area contributed by atoms with Gasteiger partial charge in [-0.15, -0.1) is 11.3 Å². The Bertz CT molecular complexity index is 737. The smallest absolute Gasteiger partial charge is 0.398 e. The average molecular weight is 348 g/mol. The predicted octanol–water partition coefficient (Wildman–Crippen LogP) is 4.57. The first kappa shape index (κ1) is 17.4. The van der Waals surface area contributed by atoms with Crippen molar-refractivity contribution in [1.29, 1.82) is 0 Å². The minimum Gasteiger partial charge on any atom is -0.398 e. The number of hydrogen-bond acceptors (Lipinski definition) is 4. The lowest BCUT2D eigenvalue weighted by atomic mass is 9.87. The van der Waals surface area contributed by atoms with Crippen molar-refractivity contribution >= 4 is 24.5 Å². The van der Waals surface area contributed by atoms with Gasteiger partial charge in [0.15, 0.2) is 0 Å². The summed E-state index contributed by atoms with van der Waals surface area (Å²) >= 11 is 1.58. The minimum atomic E-state index is -0.990. The molecular formula is C17H22BFN2O2S. The molecule has 24 heavy (non-hydrogen) atoms. The molecule has 3 rings (SSSR count). The Balaban J connectivity index is 1.93. The highest BCUT2D eigenvalue weighted by Gasteiger charge is 2.53. The Morgan fingerprint density at radius 3 is 2.54 bits per heavy atom. The van der Waals surface area contributed by atoms with E-state index in [4.69, 9.17) is 9.31 Å². The Kier molecular flexibility index (Phi) is 4.44. The number of nitrogens with zero attached hydrogens (tertiary/aromatic N) is 2. The monoisotopic (exact) mass is 348 g/mol. The van der Waals surface area contributed by atoms with Crippen molar-refractivity contribution in [2.24, 2.45) is 0 Å². The van der Waals surface area contributed by atoms with Crippen molar-refractivity contribution in [3.05, 3.63) is 35.0 Å². The summed E-state index contributed by atoms with van der Waals surface area (Å²) in [5.74, 6) is 0. The Morgan fingerprint density at radius 2 is 2.00 bits per heavy atom. The van der Waals surface area contributed by atoms with E-state index in [-0.39, 0.29) is 0 Å². The van der Waals surface area contributed by atoms with Gasteiger partial charge in [-0.25, -0.2) is 4.39 Å². The number of thiophene rings is 1. The molecule has 0 saturated carbocycles. The molecule has 3 heterocycles. The van der Waals surface area contributed by atoms with Gasteiger partial charge < -0.3 is 9.31 Å². The van der Waals surface area contributed by atoms with E-state index < -0.39 is 24.0 Å². The zero-order chi connectivity index (χ0) is 17.5. The standard InChI is InChI=1S/C17H22BFN2O2S/c1-6-21-11-12(15(20-21)13-8-7-9-24-13)10-14(19)18-22-16(2,3)17(4,5)23-18/h7-11H,6H2,1-5H3. The lowest BCUT2D eigenvalue weighted by molar-refractivity contribution is 0.00578. The summed E-state index contributed by atoms with van der Waals surface area (Å²) in [6, 6.07) is 3.94. The molecule has 2 aromatic rings. The molecule has 1 saturated heterocycles. The highest BCUT2D eigenvalue weighted by molar-refractivity contribution is 7.13. The molecule has 0 aromatic carbocycles. The molecule has 4 nitrogen and oxygen atoms in total. The quantitative estimate of drug-likeness (QED) is 0.759. The molecule has 1 fully saturated rings. The fourth-order valence-corrected chi connectivity index (χ4v) is 3.21. The molecule has 0 atom stereocenters. The first-order valence-electron chi connectivity index (χ1n) is 8.07. The molecule has 128 valence electrons. The minimum absolute atomic E-state index is 0.442. The van der Waals surface area contributed by atoms with E-state index in [0.29, 0.717) is 0 Å². The van der Waals surface area contributed by atoms with Crippen molar-refractivity contribution in [2.75, 3.05) is 0 Å². The Labute approximate surface area is 146 Å². The number of halogens is 1. The summed E-state index contributed by atoms with van der Waals surface area (Å²) in [6.07, 6.45) is 3.32. The molecule has 0 bridgehead atoms. The maximum absolute atomic E-state index is 14.8. The largest absolute Gasteiger partial charge is 0.525 e. The fraction of sp³-hybridized carbons (Fsp3) is 0.471. The lowest BCUT2D eigenvalue weighted by Crippen LogP contribution is -2.41. The second kappa shape index (κ2) is 6.13. The summed E-state index contributed by atoms with van der Waals surface area (Å²) < 4.78 is 28.1. The van der Waals surface area contributed by atoms with Crippen LogP contribution in [-0.4, -0.2) is 28.1 Å². The second-order valence-corrected chi connectivity index (χ2v) is 7.83. The number of aromatic nitrogens is 2. The first-order chi connectivity index (χ1) is 11.2. The number of rotatable bonds is 4. The molecule has 0 amide bonds. The summed E-state index contributed by atoms with van der Waals surface area (Å²) in [7, 11) is -0.990. The fourth-order valence-electron chi connectivity index (χ4n) is 2.48. The van der Waals surface area contributed by atoms with E-state index in [2.05, 4.69) is 5.10 Å². The van der Waals surface area contributed by atoms with E-state index in [0.717, 1.165) is 22.7 Å². The summed E-state index contributed by atoms with van der Waals surface area (Å²) in [5, 5.41) is 6.53. The molecule has 7 heteroatoms. The van der Waals surface area contributed by atoms with E-state index in [1.54, 1.807) is 16.0 Å². The van der Waals surface area contributed by atoms with Gasteiger partial charge in [-0.3, -0.25) is 4.68 Å².